The number of rotatable bonds is 6. The van der Waals surface area contributed by atoms with Crippen LogP contribution in [0.5, 0.6) is 0 Å². The highest BCUT2D eigenvalue weighted by atomic mass is 32.2. The van der Waals surface area contributed by atoms with E-state index in [0.29, 0.717) is 12.6 Å². The number of hydrogen-bond acceptors (Lipinski definition) is 3. The number of nitrogens with one attached hydrogen (secondary N) is 2. The van der Waals surface area contributed by atoms with E-state index in [2.05, 4.69) is 23.8 Å². The van der Waals surface area contributed by atoms with Gasteiger partial charge in [0.25, 0.3) is 0 Å². The summed E-state index contributed by atoms with van der Waals surface area (Å²) in [5.41, 5.74) is 0. The van der Waals surface area contributed by atoms with Gasteiger partial charge in [-0.2, -0.15) is 11.8 Å². The number of amides is 1. The van der Waals surface area contributed by atoms with Crippen molar-refractivity contribution in [3.05, 3.63) is 0 Å². The number of carbonyl (C=O) groups is 1. The Labute approximate surface area is 96.8 Å². The van der Waals surface area contributed by atoms with E-state index in [9.17, 15) is 4.79 Å². The van der Waals surface area contributed by atoms with Crippen molar-refractivity contribution in [2.45, 2.75) is 43.9 Å². The van der Waals surface area contributed by atoms with Crippen LogP contribution in [-0.2, 0) is 4.79 Å². The van der Waals surface area contributed by atoms with Crippen LogP contribution in [0.25, 0.3) is 0 Å². The quantitative estimate of drug-likeness (QED) is 0.678. The maximum atomic E-state index is 11.5. The van der Waals surface area contributed by atoms with Gasteiger partial charge in [-0.1, -0.05) is 6.92 Å². The first kappa shape index (κ1) is 12.8. The van der Waals surface area contributed by atoms with Crippen molar-refractivity contribution in [1.29, 1.82) is 0 Å². The maximum absolute atomic E-state index is 11.5. The van der Waals surface area contributed by atoms with Crippen molar-refractivity contribution in [1.82, 2.24) is 10.6 Å². The van der Waals surface area contributed by atoms with Crippen LogP contribution in [0.3, 0.4) is 0 Å². The first-order valence-corrected chi connectivity index (χ1v) is 7.08. The molecule has 0 aliphatic heterocycles. The molecule has 1 aliphatic rings. The second kappa shape index (κ2) is 7.12. The highest BCUT2D eigenvalue weighted by Crippen LogP contribution is 2.27. The van der Waals surface area contributed by atoms with E-state index < -0.39 is 0 Å². The molecule has 1 saturated carbocycles. The summed E-state index contributed by atoms with van der Waals surface area (Å²) in [6.07, 6.45) is 6.75. The Balaban J connectivity index is 2.10. The molecular weight excluding hydrogens is 208 g/mol. The molecule has 2 atom stereocenters. The third kappa shape index (κ3) is 4.89. The van der Waals surface area contributed by atoms with Gasteiger partial charge in [0.2, 0.25) is 5.91 Å². The molecule has 15 heavy (non-hydrogen) atoms. The summed E-state index contributed by atoms with van der Waals surface area (Å²) in [6.45, 7) is 3.49. The summed E-state index contributed by atoms with van der Waals surface area (Å²) >= 11 is 1.92. The van der Waals surface area contributed by atoms with E-state index in [-0.39, 0.29) is 5.91 Å². The number of carbonyl (C=O) groups excluding carboxylic acids is 1. The van der Waals surface area contributed by atoms with Crippen molar-refractivity contribution in [3.63, 3.8) is 0 Å². The summed E-state index contributed by atoms with van der Waals surface area (Å²) < 4.78 is 0. The summed E-state index contributed by atoms with van der Waals surface area (Å²) in [5, 5.41) is 6.95. The fourth-order valence-electron chi connectivity index (χ4n) is 1.94. The molecule has 2 unspecified atom stereocenters. The van der Waals surface area contributed by atoms with Crippen molar-refractivity contribution in [2.24, 2.45) is 0 Å². The molecule has 1 aliphatic carbocycles. The summed E-state index contributed by atoms with van der Waals surface area (Å²) in [4.78, 5) is 11.5. The van der Waals surface area contributed by atoms with E-state index in [4.69, 9.17) is 0 Å². The van der Waals surface area contributed by atoms with Gasteiger partial charge >= 0.3 is 0 Å². The molecule has 0 bridgehead atoms. The van der Waals surface area contributed by atoms with Crippen molar-refractivity contribution < 1.29 is 4.79 Å². The van der Waals surface area contributed by atoms with Crippen LogP contribution < -0.4 is 10.6 Å². The lowest BCUT2D eigenvalue weighted by molar-refractivity contribution is -0.120. The number of hydrogen-bond donors (Lipinski definition) is 2. The van der Waals surface area contributed by atoms with Crippen LogP contribution in [-0.4, -0.2) is 36.5 Å². The van der Waals surface area contributed by atoms with Crippen molar-refractivity contribution in [2.75, 3.05) is 19.3 Å². The molecule has 2 N–H and O–H groups in total. The predicted octanol–water partition coefficient (Wildman–Crippen LogP) is 1.39. The first-order chi connectivity index (χ1) is 7.26. The van der Waals surface area contributed by atoms with Gasteiger partial charge in [-0.15, -0.1) is 0 Å². The maximum Gasteiger partial charge on any atom is 0.234 e. The zero-order valence-electron chi connectivity index (χ0n) is 9.71. The fraction of sp³-hybridized carbons (Fsp3) is 0.909. The Morgan fingerprint density at radius 2 is 2.27 bits per heavy atom. The van der Waals surface area contributed by atoms with E-state index in [1.165, 1.54) is 6.42 Å². The third-order valence-corrected chi connectivity index (χ3v) is 3.89. The van der Waals surface area contributed by atoms with Crippen LogP contribution in [0.15, 0.2) is 0 Å². The second-order valence-electron chi connectivity index (χ2n) is 4.11. The zero-order chi connectivity index (χ0) is 11.1. The average Bonchev–Trinajstić information content (AvgIpc) is 2.66. The van der Waals surface area contributed by atoms with E-state index in [1.54, 1.807) is 0 Å². The van der Waals surface area contributed by atoms with Crippen LogP contribution in [0.2, 0.25) is 0 Å². The normalized spacial score (nSPS) is 25.5. The van der Waals surface area contributed by atoms with Crippen molar-refractivity contribution in [3.8, 4) is 0 Å². The molecule has 88 valence electrons. The molecule has 1 rings (SSSR count). The Morgan fingerprint density at radius 1 is 1.47 bits per heavy atom. The molecule has 1 amide bonds. The van der Waals surface area contributed by atoms with Gasteiger partial charge in [0.1, 0.15) is 0 Å². The van der Waals surface area contributed by atoms with Gasteiger partial charge in [-0.05, 0) is 38.5 Å². The standard InChI is InChI=1S/C11H22N2OS/c1-3-6-12-8-11(14)13-9-4-5-10(7-9)15-2/h9-10,12H,3-8H2,1-2H3,(H,13,14). The molecule has 0 aromatic rings. The van der Waals surface area contributed by atoms with Gasteiger partial charge in [-0.3, -0.25) is 4.79 Å². The summed E-state index contributed by atoms with van der Waals surface area (Å²) in [7, 11) is 0. The van der Waals surface area contributed by atoms with Gasteiger partial charge in [-0.25, -0.2) is 0 Å². The van der Waals surface area contributed by atoms with Gasteiger partial charge < -0.3 is 10.6 Å². The van der Waals surface area contributed by atoms with E-state index in [0.717, 1.165) is 31.1 Å². The summed E-state index contributed by atoms with van der Waals surface area (Å²) in [5.74, 6) is 0.148. The number of thioether (sulfide) groups is 1. The third-order valence-electron chi connectivity index (χ3n) is 2.80. The molecule has 0 saturated heterocycles. The molecule has 0 radical (unpaired) electrons. The van der Waals surface area contributed by atoms with Gasteiger partial charge in [0.05, 0.1) is 6.54 Å². The zero-order valence-corrected chi connectivity index (χ0v) is 10.5. The Hall–Kier alpha value is -0.220. The monoisotopic (exact) mass is 230 g/mol. The van der Waals surface area contributed by atoms with Crippen LogP contribution >= 0.6 is 11.8 Å². The highest BCUT2D eigenvalue weighted by molar-refractivity contribution is 7.99. The lowest BCUT2D eigenvalue weighted by atomic mass is 10.2. The SMILES string of the molecule is CCCNCC(=O)NC1CCC(SC)C1. The van der Waals surface area contributed by atoms with Gasteiger partial charge in [0, 0.05) is 11.3 Å². The van der Waals surface area contributed by atoms with Crippen LogP contribution in [0.4, 0.5) is 0 Å². The highest BCUT2D eigenvalue weighted by Gasteiger charge is 2.24. The Kier molecular flexibility index (Phi) is 6.10. The Bertz CT molecular complexity index is 199. The molecule has 4 heteroatoms. The van der Waals surface area contributed by atoms with Crippen LogP contribution in [0.1, 0.15) is 32.6 Å². The average molecular weight is 230 g/mol. The minimum absolute atomic E-state index is 0.148. The molecule has 0 heterocycles. The minimum Gasteiger partial charge on any atom is -0.352 e. The van der Waals surface area contributed by atoms with E-state index >= 15 is 0 Å². The molecule has 0 spiro atoms. The molecule has 1 fully saturated rings. The van der Waals surface area contributed by atoms with E-state index in [1.807, 2.05) is 11.8 Å². The molecule has 0 aromatic carbocycles. The fourth-order valence-corrected chi connectivity index (χ4v) is 2.74. The van der Waals surface area contributed by atoms with Crippen LogP contribution in [0, 0.1) is 0 Å². The molecular formula is C11H22N2OS. The topological polar surface area (TPSA) is 41.1 Å². The lowest BCUT2D eigenvalue weighted by Crippen LogP contribution is -2.39. The smallest absolute Gasteiger partial charge is 0.234 e. The lowest BCUT2D eigenvalue weighted by Gasteiger charge is -2.12. The largest absolute Gasteiger partial charge is 0.352 e. The van der Waals surface area contributed by atoms with Crippen molar-refractivity contribution >= 4 is 17.7 Å². The first-order valence-electron chi connectivity index (χ1n) is 5.79. The molecule has 0 aromatic heterocycles. The molecule has 3 nitrogen and oxygen atoms in total. The minimum atomic E-state index is 0.148. The Morgan fingerprint density at radius 3 is 2.87 bits per heavy atom. The van der Waals surface area contributed by atoms with Gasteiger partial charge in [0.15, 0.2) is 0 Å². The summed E-state index contributed by atoms with van der Waals surface area (Å²) in [6, 6.07) is 0.415. The second-order valence-corrected chi connectivity index (χ2v) is 5.25. The predicted molar refractivity (Wildman–Crippen MR) is 66.2 cm³/mol.